The Morgan fingerprint density at radius 3 is 2.74 bits per heavy atom. The van der Waals surface area contributed by atoms with Gasteiger partial charge in [0, 0.05) is 40.1 Å². The molecule has 0 amide bonds. The van der Waals surface area contributed by atoms with Gasteiger partial charge in [-0.3, -0.25) is 9.89 Å². The third kappa shape index (κ3) is 3.43. The maximum absolute atomic E-state index is 16.1. The molecule has 2 N–H and O–H groups in total. The fourth-order valence-corrected chi connectivity index (χ4v) is 5.29. The van der Waals surface area contributed by atoms with Crippen LogP contribution in [0, 0.1) is 28.9 Å². The van der Waals surface area contributed by atoms with E-state index in [1.165, 1.54) is 19.4 Å². The number of nitrogens with zero attached hydrogens (tertiary/aromatic N) is 3. The summed E-state index contributed by atoms with van der Waals surface area (Å²) in [6, 6.07) is 8.47. The van der Waals surface area contributed by atoms with E-state index in [-0.39, 0.29) is 23.6 Å². The molecule has 0 spiro atoms. The predicted octanol–water partition coefficient (Wildman–Crippen LogP) is 5.56. The van der Waals surface area contributed by atoms with Crippen molar-refractivity contribution in [1.29, 1.82) is 5.26 Å². The number of aliphatic carboxylic acids is 1. The molecule has 0 bridgehead atoms. The van der Waals surface area contributed by atoms with Gasteiger partial charge in [-0.25, -0.2) is 8.78 Å². The minimum atomic E-state index is -0.873. The van der Waals surface area contributed by atoms with Crippen molar-refractivity contribution in [2.24, 2.45) is 5.92 Å². The molecular weight excluding hydrogens is 454 g/mol. The van der Waals surface area contributed by atoms with Crippen LogP contribution in [0.5, 0.6) is 5.75 Å². The third-order valence-electron chi connectivity index (χ3n) is 7.10. The number of methoxy groups -OCH3 is 1. The average Bonchev–Trinajstić information content (AvgIpc) is 3.37. The lowest BCUT2D eigenvalue weighted by Gasteiger charge is -2.36. The van der Waals surface area contributed by atoms with Gasteiger partial charge >= 0.3 is 5.97 Å². The fraction of sp³-hybridized carbons (Fsp3) is 0.346. The van der Waals surface area contributed by atoms with Crippen LogP contribution in [0.15, 0.2) is 30.5 Å². The summed E-state index contributed by atoms with van der Waals surface area (Å²) >= 11 is 0. The van der Waals surface area contributed by atoms with Crippen molar-refractivity contribution < 1.29 is 23.4 Å². The maximum atomic E-state index is 16.1. The van der Waals surface area contributed by atoms with Gasteiger partial charge in [0.2, 0.25) is 0 Å². The molecule has 0 atom stereocenters. The number of aromatic nitrogens is 3. The van der Waals surface area contributed by atoms with Gasteiger partial charge in [0.1, 0.15) is 5.52 Å². The van der Waals surface area contributed by atoms with Crippen molar-refractivity contribution in [3.63, 3.8) is 0 Å². The first-order valence-corrected chi connectivity index (χ1v) is 11.3. The Hall–Kier alpha value is -3.93. The summed E-state index contributed by atoms with van der Waals surface area (Å²) in [5.74, 6) is -2.56. The normalized spacial score (nSPS) is 17.9. The molecule has 7 nitrogen and oxygen atoms in total. The minimum Gasteiger partial charge on any atom is -0.494 e. The Balaban J connectivity index is 1.91. The van der Waals surface area contributed by atoms with E-state index in [1.54, 1.807) is 12.1 Å². The summed E-state index contributed by atoms with van der Waals surface area (Å²) in [6.07, 6.45) is 2.42. The van der Waals surface area contributed by atoms with Crippen molar-refractivity contribution in [3.05, 3.63) is 53.4 Å². The van der Waals surface area contributed by atoms with E-state index in [0.717, 1.165) is 0 Å². The lowest BCUT2D eigenvalue weighted by atomic mass is 9.68. The van der Waals surface area contributed by atoms with E-state index in [4.69, 9.17) is 4.74 Å². The van der Waals surface area contributed by atoms with Crippen molar-refractivity contribution in [2.75, 3.05) is 7.11 Å². The lowest BCUT2D eigenvalue weighted by molar-refractivity contribution is -0.145. The van der Waals surface area contributed by atoms with Crippen molar-refractivity contribution in [2.45, 2.75) is 44.4 Å². The molecule has 1 aliphatic carbocycles. The second-order valence-electron chi connectivity index (χ2n) is 9.76. The lowest BCUT2D eigenvalue weighted by Crippen LogP contribution is -2.31. The number of ether oxygens (including phenoxy) is 1. The third-order valence-corrected chi connectivity index (χ3v) is 7.10. The van der Waals surface area contributed by atoms with Crippen LogP contribution in [-0.2, 0) is 10.2 Å². The summed E-state index contributed by atoms with van der Waals surface area (Å²) in [6.45, 7) is 3.81. The summed E-state index contributed by atoms with van der Waals surface area (Å²) in [5.41, 5.74) is 2.02. The summed E-state index contributed by atoms with van der Waals surface area (Å²) in [5, 5.41) is 26.7. The van der Waals surface area contributed by atoms with Crippen LogP contribution in [0.25, 0.3) is 27.5 Å². The maximum Gasteiger partial charge on any atom is 0.306 e. The molecule has 180 valence electrons. The molecule has 5 rings (SSSR count). The molecule has 0 aliphatic heterocycles. The number of carboxylic acid groups (broad SMARTS) is 1. The quantitative estimate of drug-likeness (QED) is 0.377. The number of carbonyl (C=O) groups is 1. The number of fused-ring (bicyclic) bond motifs is 2. The first-order chi connectivity index (χ1) is 16.7. The zero-order valence-corrected chi connectivity index (χ0v) is 19.5. The Bertz CT molecular complexity index is 1520. The first-order valence-electron chi connectivity index (χ1n) is 11.3. The number of hydrogen-bond donors (Lipinski definition) is 2. The van der Waals surface area contributed by atoms with Gasteiger partial charge in [-0.05, 0) is 42.5 Å². The topological polar surface area (TPSA) is 104 Å². The molecule has 2 heterocycles. The number of benzene rings is 2. The zero-order valence-electron chi connectivity index (χ0n) is 19.5. The molecule has 0 unspecified atom stereocenters. The number of aromatic amines is 1. The highest BCUT2D eigenvalue weighted by atomic mass is 19.1. The van der Waals surface area contributed by atoms with Crippen LogP contribution < -0.4 is 4.74 Å². The monoisotopic (exact) mass is 478 g/mol. The number of rotatable bonds is 6. The van der Waals surface area contributed by atoms with E-state index in [0.29, 0.717) is 46.1 Å². The number of halogens is 2. The summed E-state index contributed by atoms with van der Waals surface area (Å²) < 4.78 is 37.4. The molecule has 2 aromatic heterocycles. The Morgan fingerprint density at radius 2 is 2.09 bits per heavy atom. The SMILES string of the molecule is COc1cc(-n2c(C(C)(C)CC#N)c(C3CC(C(=O)O)C3)c3c(F)c4[nH]ncc4cc32)ccc1F. The summed E-state index contributed by atoms with van der Waals surface area (Å²) in [7, 11) is 1.37. The van der Waals surface area contributed by atoms with Crippen LogP contribution in [0.2, 0.25) is 0 Å². The molecule has 35 heavy (non-hydrogen) atoms. The van der Waals surface area contributed by atoms with Crippen LogP contribution in [0.1, 0.15) is 50.3 Å². The van der Waals surface area contributed by atoms with Gasteiger partial charge in [0.15, 0.2) is 17.4 Å². The van der Waals surface area contributed by atoms with Crippen molar-refractivity contribution in [1.82, 2.24) is 14.8 Å². The highest BCUT2D eigenvalue weighted by Gasteiger charge is 2.42. The second kappa shape index (κ2) is 8.08. The van der Waals surface area contributed by atoms with Crippen LogP contribution >= 0.6 is 0 Å². The molecule has 4 aromatic rings. The number of hydrogen-bond acceptors (Lipinski definition) is 4. The second-order valence-corrected chi connectivity index (χ2v) is 9.76. The van der Waals surface area contributed by atoms with Crippen LogP contribution in [0.4, 0.5) is 8.78 Å². The Kier molecular flexibility index (Phi) is 5.28. The van der Waals surface area contributed by atoms with Gasteiger partial charge in [-0.1, -0.05) is 13.8 Å². The standard InChI is InChI=1S/C26H24F2N4O3/c1-26(2,6-7-29)24-20(13-8-14(9-13)25(33)34)21-18(10-15-12-30-31-23(15)22(21)28)32(24)16-4-5-17(27)19(11-16)35-3/h4-5,10-14H,6,8-9H2,1-3H3,(H,30,31)(H,33,34). The number of H-pyrrole nitrogens is 1. The molecule has 1 fully saturated rings. The van der Waals surface area contributed by atoms with E-state index in [1.807, 2.05) is 24.5 Å². The van der Waals surface area contributed by atoms with Crippen LogP contribution in [0.3, 0.4) is 0 Å². The van der Waals surface area contributed by atoms with Crippen molar-refractivity contribution >= 4 is 27.8 Å². The molecular formula is C26H24F2N4O3. The van der Waals surface area contributed by atoms with Crippen molar-refractivity contribution in [3.8, 4) is 17.5 Å². The minimum absolute atomic E-state index is 0.0365. The van der Waals surface area contributed by atoms with E-state index >= 15 is 4.39 Å². The first kappa shape index (κ1) is 22.8. The molecule has 0 radical (unpaired) electrons. The molecule has 0 saturated heterocycles. The van der Waals surface area contributed by atoms with Gasteiger partial charge in [-0.2, -0.15) is 10.4 Å². The summed E-state index contributed by atoms with van der Waals surface area (Å²) in [4.78, 5) is 11.6. The largest absolute Gasteiger partial charge is 0.494 e. The number of nitriles is 1. The smallest absolute Gasteiger partial charge is 0.306 e. The van der Waals surface area contributed by atoms with Gasteiger partial charge < -0.3 is 14.4 Å². The molecule has 9 heteroatoms. The highest BCUT2D eigenvalue weighted by molar-refractivity contribution is 6.00. The van der Waals surface area contributed by atoms with Crippen LogP contribution in [-0.4, -0.2) is 33.0 Å². The van der Waals surface area contributed by atoms with E-state index in [9.17, 15) is 19.6 Å². The Labute approximate surface area is 199 Å². The van der Waals surface area contributed by atoms with Gasteiger partial charge in [0.25, 0.3) is 0 Å². The zero-order chi connectivity index (χ0) is 25.1. The highest BCUT2D eigenvalue weighted by Crippen LogP contribution is 2.51. The average molecular weight is 478 g/mol. The Morgan fingerprint density at radius 1 is 1.34 bits per heavy atom. The van der Waals surface area contributed by atoms with Gasteiger partial charge in [-0.15, -0.1) is 0 Å². The molecule has 1 aliphatic rings. The van der Waals surface area contributed by atoms with Gasteiger partial charge in [0.05, 0.1) is 30.8 Å². The fourth-order valence-electron chi connectivity index (χ4n) is 5.29. The number of nitrogens with one attached hydrogen (secondary N) is 1. The molecule has 1 saturated carbocycles. The van der Waals surface area contributed by atoms with E-state index in [2.05, 4.69) is 16.3 Å². The van der Waals surface area contributed by atoms with E-state index < -0.39 is 28.9 Å². The predicted molar refractivity (Wildman–Crippen MR) is 126 cm³/mol. The number of carboxylic acids is 1. The molecule has 2 aromatic carbocycles.